The molecule has 20 heteroatoms. The smallest absolute Gasteiger partial charge is 0.550 e. The van der Waals surface area contributed by atoms with E-state index in [4.69, 9.17) is 69.3 Å². The maximum atomic E-state index is 8.89. The van der Waals surface area contributed by atoms with Gasteiger partial charge in [-0.2, -0.15) is 0 Å². The number of hydrogen-bond donors (Lipinski definition) is 0. The Kier molecular flexibility index (Phi) is 188. The van der Waals surface area contributed by atoms with Crippen molar-refractivity contribution in [1.29, 1.82) is 0 Å². The quantitative estimate of drug-likeness (QED) is 0.239. The molecule has 0 bridgehead atoms. The van der Waals surface area contributed by atoms with Crippen LogP contribution in [0.3, 0.4) is 0 Å². The number of hydrogen-bond acceptors (Lipinski definition) is 14. The minimum atomic E-state index is -1.08. The third-order valence-electron chi connectivity index (χ3n) is 0. The fourth-order valence-corrected chi connectivity index (χ4v) is 0. The van der Waals surface area contributed by atoms with Crippen LogP contribution in [0.5, 0.6) is 0 Å². The van der Waals surface area contributed by atoms with Crippen molar-refractivity contribution in [2.45, 2.75) is 48.5 Å². The summed E-state index contributed by atoms with van der Waals surface area (Å²) in [6, 6.07) is 0. The van der Waals surface area contributed by atoms with E-state index in [0.29, 0.717) is 0 Å². The average molecular weight is 584 g/mol. The molecule has 0 radical (unpaired) electrons. The molecule has 0 N–H and O–H groups in total. The van der Waals surface area contributed by atoms with Gasteiger partial charge in [-0.15, -0.1) is 0 Å². The Labute approximate surface area is 319 Å². The molecule has 0 atom stereocenters. The van der Waals surface area contributed by atoms with Crippen LogP contribution in [0.25, 0.3) is 0 Å². The Hall–Kier alpha value is 1.81. The zero-order valence-corrected chi connectivity index (χ0v) is 32.7. The van der Waals surface area contributed by atoms with Crippen molar-refractivity contribution < 1.29 is 234 Å². The number of carbonyl (C=O) groups is 7. The zero-order chi connectivity index (χ0) is 25.0. The van der Waals surface area contributed by atoms with E-state index in [-0.39, 0.29) is 165 Å². The third-order valence-corrected chi connectivity index (χ3v) is 0. The first-order chi connectivity index (χ1) is 12.1. The summed E-state index contributed by atoms with van der Waals surface area (Å²) in [5, 5.41) is 62.2. The SMILES string of the molecule is CC(=O)[O-].CC(=O)[O-].CC(=O)[O-].CC(=O)[O-].CC(=O)[O-].CC(=O)[O-].CC(=O)[O-].[Fe+2].[Na+].[Na+].[Na+].[Na+].[Na+]. The standard InChI is InChI=1S/7C2H4O2.Fe.5Na/c7*1-2(3)4;;;;;;/h7*1H3,(H,3,4);;;;;;/q;;;;;;;+2;5*+1/p-7. The molecule has 0 saturated carbocycles. The second-order valence-electron chi connectivity index (χ2n) is 3.44. The minimum absolute atomic E-state index is 0. The van der Waals surface area contributed by atoms with Crippen molar-refractivity contribution in [1.82, 2.24) is 0 Å². The number of aliphatic carboxylic acids is 7. The van der Waals surface area contributed by atoms with Crippen molar-refractivity contribution in [3.8, 4) is 0 Å². The summed E-state index contributed by atoms with van der Waals surface area (Å²) < 4.78 is 0. The summed E-state index contributed by atoms with van der Waals surface area (Å²) in [6.45, 7) is 6.81. The fourth-order valence-electron chi connectivity index (χ4n) is 0. The van der Waals surface area contributed by atoms with E-state index >= 15 is 0 Å². The van der Waals surface area contributed by atoms with Crippen molar-refractivity contribution in [2.24, 2.45) is 0 Å². The Bertz CT molecular complexity index is 334. The molecule has 14 nitrogen and oxygen atoms in total. The maximum Gasteiger partial charge on any atom is 2.00 e. The second-order valence-corrected chi connectivity index (χ2v) is 3.44. The predicted molar refractivity (Wildman–Crippen MR) is 74.8 cm³/mol. The Morgan fingerprint density at radius 2 is 0.294 bits per heavy atom. The molecule has 0 aliphatic carbocycles. The van der Waals surface area contributed by atoms with Crippen LogP contribution >= 0.6 is 0 Å². The normalized spacial score (nSPS) is 5.15. The zero-order valence-electron chi connectivity index (χ0n) is 21.6. The molecule has 0 aliphatic heterocycles. The van der Waals surface area contributed by atoms with E-state index in [9.17, 15) is 0 Å². The van der Waals surface area contributed by atoms with Gasteiger partial charge >= 0.3 is 165 Å². The summed E-state index contributed by atoms with van der Waals surface area (Å²) in [6.07, 6.45) is 0. The maximum absolute atomic E-state index is 8.89. The molecule has 174 valence electrons. The third kappa shape index (κ3) is 11100. The summed E-state index contributed by atoms with van der Waals surface area (Å²) >= 11 is 0. The molecule has 34 heavy (non-hydrogen) atoms. The van der Waals surface area contributed by atoms with E-state index < -0.39 is 41.8 Å². The van der Waals surface area contributed by atoms with Crippen molar-refractivity contribution >= 4 is 41.8 Å². The topological polar surface area (TPSA) is 281 Å². The van der Waals surface area contributed by atoms with Gasteiger partial charge in [-0.1, -0.05) is 0 Å². The number of carboxylic acid groups (broad SMARTS) is 7. The Balaban J connectivity index is -0.0000000134. The van der Waals surface area contributed by atoms with E-state index in [1.807, 2.05) is 0 Å². The predicted octanol–water partition coefficient (Wildman–Crippen LogP) is -23.7. The van der Waals surface area contributed by atoms with Gasteiger partial charge in [0.15, 0.2) is 0 Å². The minimum Gasteiger partial charge on any atom is -0.550 e. The van der Waals surface area contributed by atoms with Gasteiger partial charge in [-0.3, -0.25) is 0 Å². The van der Waals surface area contributed by atoms with Crippen LogP contribution < -0.4 is 184 Å². The molecule has 0 amide bonds. The van der Waals surface area contributed by atoms with Gasteiger partial charge < -0.3 is 69.3 Å². The first kappa shape index (κ1) is 83.4. The molecule has 0 saturated heterocycles. The number of rotatable bonds is 0. The van der Waals surface area contributed by atoms with Gasteiger partial charge in [0.2, 0.25) is 0 Å². The molecule has 0 aromatic carbocycles. The molecule has 0 unspecified atom stereocenters. The Morgan fingerprint density at radius 1 is 0.294 bits per heavy atom. The molecule has 0 aliphatic rings. The molecular formula is C14H21FeNa5O14. The number of carboxylic acids is 7. The molecule has 0 rings (SSSR count). The van der Waals surface area contributed by atoms with Crippen molar-refractivity contribution in [3.63, 3.8) is 0 Å². The van der Waals surface area contributed by atoms with Crippen LogP contribution in [0.1, 0.15) is 48.5 Å². The average Bonchev–Trinajstić information content (AvgIpc) is 2.20. The van der Waals surface area contributed by atoms with Crippen LogP contribution in [0, 0.1) is 0 Å². The van der Waals surface area contributed by atoms with Gasteiger partial charge in [0, 0.05) is 41.8 Å². The van der Waals surface area contributed by atoms with E-state index in [1.165, 1.54) is 0 Å². The van der Waals surface area contributed by atoms with Crippen LogP contribution in [-0.2, 0) is 50.6 Å². The number of carbonyl (C=O) groups excluding carboxylic acids is 7. The summed E-state index contributed by atoms with van der Waals surface area (Å²) in [7, 11) is 0. The van der Waals surface area contributed by atoms with Crippen LogP contribution in [-0.4, -0.2) is 41.8 Å². The Morgan fingerprint density at radius 3 is 0.294 bits per heavy atom. The molecule has 0 spiro atoms. The molecule has 0 fully saturated rings. The second kappa shape index (κ2) is 76.5. The van der Waals surface area contributed by atoms with Crippen LogP contribution in [0.2, 0.25) is 0 Å². The molecule has 0 aromatic heterocycles. The summed E-state index contributed by atoms with van der Waals surface area (Å²) in [5.74, 6) is -7.58. The first-order valence-corrected chi connectivity index (χ1v) is 6.36. The molecular weight excluding hydrogens is 563 g/mol. The van der Waals surface area contributed by atoms with Crippen molar-refractivity contribution in [2.75, 3.05) is 0 Å². The molecule has 0 heterocycles. The van der Waals surface area contributed by atoms with Gasteiger partial charge in [-0.25, -0.2) is 0 Å². The van der Waals surface area contributed by atoms with Gasteiger partial charge in [0.05, 0.1) is 0 Å². The van der Waals surface area contributed by atoms with E-state index in [2.05, 4.69) is 0 Å². The van der Waals surface area contributed by atoms with E-state index in [1.54, 1.807) is 0 Å². The van der Waals surface area contributed by atoms with Gasteiger partial charge in [-0.05, 0) is 48.5 Å². The molecule has 0 aromatic rings. The van der Waals surface area contributed by atoms with Gasteiger partial charge in [0.1, 0.15) is 0 Å². The fraction of sp³-hybridized carbons (Fsp3) is 0.500. The van der Waals surface area contributed by atoms with Gasteiger partial charge in [0.25, 0.3) is 0 Å². The summed E-state index contributed by atoms with van der Waals surface area (Å²) in [5.41, 5.74) is 0. The van der Waals surface area contributed by atoms with E-state index in [0.717, 1.165) is 48.5 Å². The van der Waals surface area contributed by atoms with Crippen molar-refractivity contribution in [3.05, 3.63) is 0 Å². The first-order valence-electron chi connectivity index (χ1n) is 6.36. The monoisotopic (exact) mass is 584 g/mol. The van der Waals surface area contributed by atoms with Crippen LogP contribution in [0.4, 0.5) is 0 Å². The van der Waals surface area contributed by atoms with Crippen LogP contribution in [0.15, 0.2) is 0 Å². The largest absolute Gasteiger partial charge is 2.00 e. The summed E-state index contributed by atoms with van der Waals surface area (Å²) in [4.78, 5) is 62.2.